The molecule has 1 aliphatic rings. The summed E-state index contributed by atoms with van der Waals surface area (Å²) in [6, 6.07) is 5.71. The highest BCUT2D eigenvalue weighted by Crippen LogP contribution is 2.27. The fourth-order valence-electron chi connectivity index (χ4n) is 1.83. The minimum atomic E-state index is 0.445. The molecule has 1 unspecified atom stereocenters. The van der Waals surface area contributed by atoms with Crippen molar-refractivity contribution in [2.75, 3.05) is 26.9 Å². The molecule has 0 saturated carbocycles. The van der Waals surface area contributed by atoms with Gasteiger partial charge in [0.2, 0.25) is 0 Å². The molecule has 94 valence electrons. The number of hydrogen-bond donors (Lipinski definition) is 0. The third-order valence-electron chi connectivity index (χ3n) is 2.92. The molecule has 17 heavy (non-hydrogen) atoms. The lowest BCUT2D eigenvalue weighted by molar-refractivity contribution is 0.166. The van der Waals surface area contributed by atoms with Crippen LogP contribution in [0.2, 0.25) is 0 Å². The molecule has 0 N–H and O–H groups in total. The zero-order valence-electron chi connectivity index (χ0n) is 9.95. The van der Waals surface area contributed by atoms with Crippen LogP contribution in [-0.4, -0.2) is 26.9 Å². The second-order valence-electron chi connectivity index (χ2n) is 4.15. The van der Waals surface area contributed by atoms with Crippen molar-refractivity contribution in [2.24, 2.45) is 5.92 Å². The highest BCUT2D eigenvalue weighted by Gasteiger charge is 2.17. The van der Waals surface area contributed by atoms with Gasteiger partial charge in [0.25, 0.3) is 0 Å². The van der Waals surface area contributed by atoms with Gasteiger partial charge in [-0.3, -0.25) is 0 Å². The number of halogens is 1. The summed E-state index contributed by atoms with van der Waals surface area (Å²) in [5.74, 6) is 2.53. The number of methoxy groups -OCH3 is 1. The van der Waals surface area contributed by atoms with E-state index in [1.807, 2.05) is 18.2 Å². The summed E-state index contributed by atoms with van der Waals surface area (Å²) in [6.45, 7) is 2.31. The Balaban J connectivity index is 2.01. The molecule has 1 atom stereocenters. The second-order valence-corrected chi connectivity index (χ2v) is 4.42. The zero-order valence-corrected chi connectivity index (χ0v) is 10.7. The molecule has 1 aromatic rings. The van der Waals surface area contributed by atoms with E-state index in [0.29, 0.717) is 18.4 Å². The van der Waals surface area contributed by atoms with Crippen LogP contribution in [0.25, 0.3) is 0 Å². The molecule has 2 rings (SSSR count). The van der Waals surface area contributed by atoms with Gasteiger partial charge in [0.15, 0.2) is 0 Å². The van der Waals surface area contributed by atoms with Gasteiger partial charge in [-0.05, 0) is 12.5 Å². The first kappa shape index (κ1) is 12.5. The molecule has 0 aliphatic carbocycles. The predicted molar refractivity (Wildman–Crippen MR) is 67.0 cm³/mol. The van der Waals surface area contributed by atoms with Gasteiger partial charge in [-0.2, -0.15) is 0 Å². The van der Waals surface area contributed by atoms with Crippen LogP contribution >= 0.6 is 11.6 Å². The summed E-state index contributed by atoms with van der Waals surface area (Å²) in [5.41, 5.74) is 0.992. The normalized spacial score (nSPS) is 19.3. The first-order valence-corrected chi connectivity index (χ1v) is 6.30. The molecular formula is C13H17ClO3. The van der Waals surface area contributed by atoms with Gasteiger partial charge >= 0.3 is 0 Å². The SMILES string of the molecule is COc1ccc(CCl)c(OCC2CCOC2)c1. The third-order valence-corrected chi connectivity index (χ3v) is 3.20. The van der Waals surface area contributed by atoms with Crippen molar-refractivity contribution in [1.82, 2.24) is 0 Å². The van der Waals surface area contributed by atoms with E-state index in [-0.39, 0.29) is 0 Å². The van der Waals surface area contributed by atoms with Crippen molar-refractivity contribution in [1.29, 1.82) is 0 Å². The Morgan fingerprint density at radius 2 is 2.35 bits per heavy atom. The molecule has 1 fully saturated rings. The zero-order chi connectivity index (χ0) is 12.1. The molecular weight excluding hydrogens is 240 g/mol. The van der Waals surface area contributed by atoms with E-state index >= 15 is 0 Å². The van der Waals surface area contributed by atoms with Crippen molar-refractivity contribution in [3.8, 4) is 11.5 Å². The fraction of sp³-hybridized carbons (Fsp3) is 0.538. The van der Waals surface area contributed by atoms with Gasteiger partial charge in [0, 0.05) is 24.2 Å². The summed E-state index contributed by atoms with van der Waals surface area (Å²) in [5, 5.41) is 0. The molecule has 0 bridgehead atoms. The van der Waals surface area contributed by atoms with Crippen LogP contribution < -0.4 is 9.47 Å². The highest BCUT2D eigenvalue weighted by atomic mass is 35.5. The Labute approximate surface area is 107 Å². The van der Waals surface area contributed by atoms with E-state index < -0.39 is 0 Å². The molecule has 3 nitrogen and oxygen atoms in total. The summed E-state index contributed by atoms with van der Waals surface area (Å²) in [4.78, 5) is 0. The van der Waals surface area contributed by atoms with E-state index in [0.717, 1.165) is 36.7 Å². The minimum absolute atomic E-state index is 0.445. The van der Waals surface area contributed by atoms with Crippen molar-refractivity contribution < 1.29 is 14.2 Å². The Hall–Kier alpha value is -0.930. The summed E-state index contributed by atoms with van der Waals surface area (Å²) < 4.78 is 16.3. The van der Waals surface area contributed by atoms with Crippen molar-refractivity contribution >= 4 is 11.6 Å². The van der Waals surface area contributed by atoms with E-state index in [9.17, 15) is 0 Å². The number of alkyl halides is 1. The van der Waals surface area contributed by atoms with Crippen molar-refractivity contribution in [2.45, 2.75) is 12.3 Å². The number of hydrogen-bond acceptors (Lipinski definition) is 3. The van der Waals surface area contributed by atoms with Gasteiger partial charge in [0.05, 0.1) is 26.2 Å². The molecule has 1 aliphatic heterocycles. The molecule has 4 heteroatoms. The van der Waals surface area contributed by atoms with Gasteiger partial charge in [0.1, 0.15) is 11.5 Å². The van der Waals surface area contributed by atoms with Crippen LogP contribution in [0.4, 0.5) is 0 Å². The van der Waals surface area contributed by atoms with Crippen LogP contribution in [0.15, 0.2) is 18.2 Å². The Bertz CT molecular complexity index is 362. The van der Waals surface area contributed by atoms with Crippen LogP contribution in [0, 0.1) is 5.92 Å². The lowest BCUT2D eigenvalue weighted by Gasteiger charge is -2.14. The lowest BCUT2D eigenvalue weighted by Crippen LogP contribution is -2.12. The molecule has 1 heterocycles. The maximum atomic E-state index is 5.88. The minimum Gasteiger partial charge on any atom is -0.497 e. The maximum Gasteiger partial charge on any atom is 0.127 e. The molecule has 1 aromatic carbocycles. The van der Waals surface area contributed by atoms with E-state index in [2.05, 4.69) is 0 Å². The highest BCUT2D eigenvalue weighted by molar-refractivity contribution is 6.17. The van der Waals surface area contributed by atoms with Gasteiger partial charge in [-0.25, -0.2) is 0 Å². The van der Waals surface area contributed by atoms with E-state index in [1.54, 1.807) is 7.11 Å². The van der Waals surface area contributed by atoms with Crippen LogP contribution in [0.1, 0.15) is 12.0 Å². The Morgan fingerprint density at radius 3 is 3.00 bits per heavy atom. The van der Waals surface area contributed by atoms with E-state index in [4.69, 9.17) is 25.8 Å². The second kappa shape index (κ2) is 6.12. The molecule has 1 saturated heterocycles. The smallest absolute Gasteiger partial charge is 0.127 e. The predicted octanol–water partition coefficient (Wildman–Crippen LogP) is 2.85. The molecule has 0 amide bonds. The largest absolute Gasteiger partial charge is 0.497 e. The van der Waals surface area contributed by atoms with Crippen LogP contribution in [-0.2, 0) is 10.6 Å². The number of benzene rings is 1. The maximum absolute atomic E-state index is 5.88. The van der Waals surface area contributed by atoms with Crippen molar-refractivity contribution in [3.63, 3.8) is 0 Å². The fourth-order valence-corrected chi connectivity index (χ4v) is 2.05. The lowest BCUT2D eigenvalue weighted by atomic mass is 10.1. The molecule has 0 spiro atoms. The van der Waals surface area contributed by atoms with Crippen LogP contribution in [0.5, 0.6) is 11.5 Å². The quantitative estimate of drug-likeness (QED) is 0.759. The first-order chi connectivity index (χ1) is 8.33. The van der Waals surface area contributed by atoms with Gasteiger partial charge < -0.3 is 14.2 Å². The molecule has 0 radical (unpaired) electrons. The van der Waals surface area contributed by atoms with Crippen molar-refractivity contribution in [3.05, 3.63) is 23.8 Å². The average molecular weight is 257 g/mol. The third kappa shape index (κ3) is 3.27. The number of rotatable bonds is 5. The first-order valence-electron chi connectivity index (χ1n) is 5.77. The monoisotopic (exact) mass is 256 g/mol. The summed E-state index contributed by atoms with van der Waals surface area (Å²) >= 11 is 5.88. The Kier molecular flexibility index (Phi) is 4.51. The average Bonchev–Trinajstić information content (AvgIpc) is 2.89. The standard InChI is InChI=1S/C13H17ClO3/c1-15-12-3-2-11(7-14)13(6-12)17-9-10-4-5-16-8-10/h2-3,6,10H,4-5,7-9H2,1H3. The summed E-state index contributed by atoms with van der Waals surface area (Å²) in [6.07, 6.45) is 1.07. The number of ether oxygens (including phenoxy) is 3. The summed E-state index contributed by atoms with van der Waals surface area (Å²) in [7, 11) is 1.64. The van der Waals surface area contributed by atoms with Gasteiger partial charge in [-0.15, -0.1) is 11.6 Å². The van der Waals surface area contributed by atoms with E-state index in [1.165, 1.54) is 0 Å². The van der Waals surface area contributed by atoms with Crippen LogP contribution in [0.3, 0.4) is 0 Å². The topological polar surface area (TPSA) is 27.7 Å². The Morgan fingerprint density at radius 1 is 1.47 bits per heavy atom. The van der Waals surface area contributed by atoms with Gasteiger partial charge in [-0.1, -0.05) is 6.07 Å². The molecule has 0 aromatic heterocycles.